The Morgan fingerprint density at radius 3 is 2.82 bits per heavy atom. The van der Waals surface area contributed by atoms with Crippen LogP contribution >= 0.6 is 23.4 Å². The Hall–Kier alpha value is -0.180. The number of benzene rings is 1. The zero-order chi connectivity index (χ0) is 12.7. The van der Waals surface area contributed by atoms with Crippen molar-refractivity contribution in [3.63, 3.8) is 0 Å². The fraction of sp³-hybridized carbons (Fsp3) is 0.571. The number of nitrogens with two attached hydrogens (primary N) is 1. The molecule has 0 bridgehead atoms. The molecule has 0 spiro atoms. The van der Waals surface area contributed by atoms with E-state index in [-0.39, 0.29) is 6.04 Å². The predicted molar refractivity (Wildman–Crippen MR) is 78.8 cm³/mol. The summed E-state index contributed by atoms with van der Waals surface area (Å²) < 4.78 is 0. The van der Waals surface area contributed by atoms with Gasteiger partial charge in [-0.2, -0.15) is 0 Å². The number of rotatable bonds is 7. The minimum Gasteiger partial charge on any atom is -0.327 e. The monoisotopic (exact) mass is 271 g/mol. The summed E-state index contributed by atoms with van der Waals surface area (Å²) in [7, 11) is 0. The van der Waals surface area contributed by atoms with Gasteiger partial charge < -0.3 is 5.73 Å². The number of thioether (sulfide) groups is 1. The van der Waals surface area contributed by atoms with E-state index in [2.05, 4.69) is 19.9 Å². The Kier molecular flexibility index (Phi) is 7.02. The quantitative estimate of drug-likeness (QED) is 0.735. The van der Waals surface area contributed by atoms with Crippen LogP contribution in [0.15, 0.2) is 29.2 Å². The minimum atomic E-state index is 0.278. The Bertz CT molecular complexity index is 330. The first-order valence-corrected chi connectivity index (χ1v) is 7.62. The molecule has 1 nitrogen and oxygen atoms in total. The lowest BCUT2D eigenvalue weighted by molar-refractivity contribution is 0.450. The zero-order valence-corrected chi connectivity index (χ0v) is 12.2. The van der Waals surface area contributed by atoms with Gasteiger partial charge in [-0.3, -0.25) is 0 Å². The topological polar surface area (TPSA) is 26.0 Å². The van der Waals surface area contributed by atoms with Crippen molar-refractivity contribution in [3.8, 4) is 0 Å². The molecule has 0 heterocycles. The molecule has 0 saturated heterocycles. The molecule has 0 saturated carbocycles. The lowest BCUT2D eigenvalue weighted by atomic mass is 9.99. The van der Waals surface area contributed by atoms with E-state index in [0.717, 1.165) is 23.1 Å². The summed E-state index contributed by atoms with van der Waals surface area (Å²) in [5.41, 5.74) is 6.14. The maximum absolute atomic E-state index is 6.14. The van der Waals surface area contributed by atoms with Crippen molar-refractivity contribution in [2.75, 3.05) is 5.75 Å². The Labute approximate surface area is 114 Å². The molecule has 17 heavy (non-hydrogen) atoms. The third-order valence-corrected chi connectivity index (χ3v) is 4.16. The highest BCUT2D eigenvalue weighted by atomic mass is 35.5. The Morgan fingerprint density at radius 1 is 1.41 bits per heavy atom. The SMILES string of the molecule is CCCC(C)CC(N)CSc1cccc(Cl)c1. The molecule has 2 atom stereocenters. The standard InChI is InChI=1S/C14H22ClNS/c1-3-5-11(2)8-13(16)10-17-14-7-4-6-12(15)9-14/h4,6-7,9,11,13H,3,5,8,10,16H2,1-2H3. The summed E-state index contributed by atoms with van der Waals surface area (Å²) in [6.45, 7) is 4.51. The maximum atomic E-state index is 6.14. The first-order chi connectivity index (χ1) is 8.11. The van der Waals surface area contributed by atoms with Crippen LogP contribution in [-0.4, -0.2) is 11.8 Å². The van der Waals surface area contributed by atoms with Gasteiger partial charge in [0, 0.05) is 21.7 Å². The molecule has 2 N–H and O–H groups in total. The minimum absolute atomic E-state index is 0.278. The van der Waals surface area contributed by atoms with E-state index in [1.165, 1.54) is 17.7 Å². The Balaban J connectivity index is 2.30. The second-order valence-electron chi connectivity index (χ2n) is 4.66. The van der Waals surface area contributed by atoms with Gasteiger partial charge in [-0.05, 0) is 30.5 Å². The summed E-state index contributed by atoms with van der Waals surface area (Å²) >= 11 is 7.73. The maximum Gasteiger partial charge on any atom is 0.0417 e. The van der Waals surface area contributed by atoms with Crippen molar-refractivity contribution in [2.24, 2.45) is 11.7 Å². The van der Waals surface area contributed by atoms with Gasteiger partial charge in [0.15, 0.2) is 0 Å². The largest absolute Gasteiger partial charge is 0.327 e. The molecule has 0 fully saturated rings. The van der Waals surface area contributed by atoms with Gasteiger partial charge in [0.05, 0.1) is 0 Å². The first-order valence-electron chi connectivity index (χ1n) is 6.25. The highest BCUT2D eigenvalue weighted by Crippen LogP contribution is 2.23. The molecule has 0 amide bonds. The van der Waals surface area contributed by atoms with Crippen LogP contribution in [0.2, 0.25) is 5.02 Å². The molecule has 96 valence electrons. The van der Waals surface area contributed by atoms with Crippen LogP contribution in [0, 0.1) is 5.92 Å². The lowest BCUT2D eigenvalue weighted by Crippen LogP contribution is -2.25. The third kappa shape index (κ3) is 6.35. The number of hydrogen-bond donors (Lipinski definition) is 1. The third-order valence-electron chi connectivity index (χ3n) is 2.75. The number of halogens is 1. The van der Waals surface area contributed by atoms with Gasteiger partial charge in [0.25, 0.3) is 0 Å². The van der Waals surface area contributed by atoms with Gasteiger partial charge in [0.1, 0.15) is 0 Å². The van der Waals surface area contributed by atoms with E-state index >= 15 is 0 Å². The molecular weight excluding hydrogens is 250 g/mol. The smallest absolute Gasteiger partial charge is 0.0417 e. The highest BCUT2D eigenvalue weighted by Gasteiger charge is 2.09. The van der Waals surface area contributed by atoms with Crippen molar-refractivity contribution in [2.45, 2.75) is 44.0 Å². The fourth-order valence-corrected chi connectivity index (χ4v) is 3.14. The van der Waals surface area contributed by atoms with Crippen LogP contribution in [-0.2, 0) is 0 Å². The van der Waals surface area contributed by atoms with Crippen LogP contribution < -0.4 is 5.73 Å². The van der Waals surface area contributed by atoms with E-state index in [4.69, 9.17) is 17.3 Å². The fourth-order valence-electron chi connectivity index (χ4n) is 1.96. The second kappa shape index (κ2) is 8.02. The van der Waals surface area contributed by atoms with Gasteiger partial charge in [-0.25, -0.2) is 0 Å². The van der Waals surface area contributed by atoms with E-state index < -0.39 is 0 Å². The molecule has 1 aromatic carbocycles. The molecular formula is C14H22ClNS. The lowest BCUT2D eigenvalue weighted by Gasteiger charge is -2.16. The van der Waals surface area contributed by atoms with Crippen LogP contribution in [0.3, 0.4) is 0 Å². The van der Waals surface area contributed by atoms with E-state index in [9.17, 15) is 0 Å². The average molecular weight is 272 g/mol. The molecule has 0 aliphatic carbocycles. The van der Waals surface area contributed by atoms with E-state index in [1.54, 1.807) is 11.8 Å². The van der Waals surface area contributed by atoms with Gasteiger partial charge in [-0.15, -0.1) is 11.8 Å². The molecule has 3 heteroatoms. The van der Waals surface area contributed by atoms with Crippen LogP contribution in [0.25, 0.3) is 0 Å². The Morgan fingerprint density at radius 2 is 2.18 bits per heavy atom. The zero-order valence-electron chi connectivity index (χ0n) is 10.7. The highest BCUT2D eigenvalue weighted by molar-refractivity contribution is 7.99. The van der Waals surface area contributed by atoms with Crippen molar-refractivity contribution in [1.82, 2.24) is 0 Å². The van der Waals surface area contributed by atoms with Gasteiger partial charge in [0.2, 0.25) is 0 Å². The van der Waals surface area contributed by atoms with Gasteiger partial charge >= 0.3 is 0 Å². The molecule has 2 unspecified atom stereocenters. The van der Waals surface area contributed by atoms with Crippen molar-refractivity contribution in [1.29, 1.82) is 0 Å². The van der Waals surface area contributed by atoms with Crippen molar-refractivity contribution >= 4 is 23.4 Å². The van der Waals surface area contributed by atoms with E-state index in [1.807, 2.05) is 18.2 Å². The summed E-state index contributed by atoms with van der Waals surface area (Å²) in [6, 6.07) is 8.23. The average Bonchev–Trinajstić information content (AvgIpc) is 2.27. The molecule has 0 aliphatic heterocycles. The van der Waals surface area contributed by atoms with Gasteiger partial charge in [-0.1, -0.05) is 44.4 Å². The normalized spacial score (nSPS) is 14.6. The molecule has 0 aromatic heterocycles. The number of hydrogen-bond acceptors (Lipinski definition) is 2. The second-order valence-corrected chi connectivity index (χ2v) is 6.19. The summed E-state index contributed by atoms with van der Waals surface area (Å²) in [5.74, 6) is 1.70. The van der Waals surface area contributed by atoms with Crippen LogP contribution in [0.4, 0.5) is 0 Å². The summed E-state index contributed by atoms with van der Waals surface area (Å²) in [4.78, 5) is 1.20. The van der Waals surface area contributed by atoms with Crippen molar-refractivity contribution in [3.05, 3.63) is 29.3 Å². The molecule has 0 aliphatic rings. The van der Waals surface area contributed by atoms with Crippen molar-refractivity contribution < 1.29 is 0 Å². The predicted octanol–water partition coefficient (Wildman–Crippen LogP) is 4.59. The molecule has 1 rings (SSSR count). The molecule has 0 radical (unpaired) electrons. The first kappa shape index (κ1) is 14.9. The van der Waals surface area contributed by atoms with Crippen LogP contribution in [0.1, 0.15) is 33.1 Å². The summed E-state index contributed by atoms with van der Waals surface area (Å²) in [6.07, 6.45) is 3.63. The molecule has 1 aromatic rings. The van der Waals surface area contributed by atoms with Crippen LogP contribution in [0.5, 0.6) is 0 Å². The summed E-state index contributed by atoms with van der Waals surface area (Å²) in [5, 5.41) is 0.794. The van der Waals surface area contributed by atoms with E-state index in [0.29, 0.717) is 0 Å².